The number of rotatable bonds is 7. The lowest BCUT2D eigenvalue weighted by Crippen LogP contribution is -2.38. The third-order valence-electron chi connectivity index (χ3n) is 5.45. The Morgan fingerprint density at radius 1 is 1.19 bits per heavy atom. The average Bonchev–Trinajstić information content (AvgIpc) is 3.40. The van der Waals surface area contributed by atoms with E-state index in [1.54, 1.807) is 19.1 Å². The van der Waals surface area contributed by atoms with Crippen molar-refractivity contribution in [3.63, 3.8) is 0 Å². The van der Waals surface area contributed by atoms with Crippen molar-refractivity contribution in [3.8, 4) is 22.8 Å². The van der Waals surface area contributed by atoms with E-state index < -0.39 is 9.84 Å². The second-order valence-corrected chi connectivity index (χ2v) is 10.7. The summed E-state index contributed by atoms with van der Waals surface area (Å²) in [6, 6.07) is 17.0. The number of carbonyl (C=O) groups excluding carboxylic acids is 1. The normalized spacial score (nSPS) is 17.2. The summed E-state index contributed by atoms with van der Waals surface area (Å²) in [5.74, 6) is 1.51. The van der Waals surface area contributed by atoms with Gasteiger partial charge in [-0.2, -0.15) is 0 Å². The first-order valence-electron chi connectivity index (χ1n) is 10.1. The first kappa shape index (κ1) is 22.3. The van der Waals surface area contributed by atoms with Crippen LogP contribution in [0, 0.1) is 0 Å². The van der Waals surface area contributed by atoms with E-state index in [4.69, 9.17) is 4.74 Å². The summed E-state index contributed by atoms with van der Waals surface area (Å²) in [5, 5.41) is 9.31. The summed E-state index contributed by atoms with van der Waals surface area (Å²) in [5.41, 5.74) is 1.72. The van der Waals surface area contributed by atoms with E-state index in [1.807, 2.05) is 59.2 Å². The molecule has 0 saturated carbocycles. The van der Waals surface area contributed by atoms with Gasteiger partial charge in [-0.1, -0.05) is 42.1 Å². The molecule has 168 valence electrons. The third kappa shape index (κ3) is 4.81. The maximum absolute atomic E-state index is 12.8. The topological polar surface area (TPSA) is 94.4 Å². The Hall–Kier alpha value is -2.85. The van der Waals surface area contributed by atoms with Crippen LogP contribution in [0.1, 0.15) is 6.42 Å². The molecule has 1 fully saturated rings. The molecule has 10 heteroatoms. The molecule has 0 bridgehead atoms. The highest BCUT2D eigenvalue weighted by Crippen LogP contribution is 2.30. The zero-order valence-corrected chi connectivity index (χ0v) is 19.5. The number of para-hydroxylation sites is 1. The Labute approximate surface area is 191 Å². The molecule has 4 rings (SSSR count). The monoisotopic (exact) mass is 472 g/mol. The van der Waals surface area contributed by atoms with Gasteiger partial charge in [0.05, 0.1) is 24.4 Å². The van der Waals surface area contributed by atoms with E-state index in [9.17, 15) is 13.2 Å². The summed E-state index contributed by atoms with van der Waals surface area (Å²) in [6.45, 7) is 0. The second kappa shape index (κ2) is 9.33. The van der Waals surface area contributed by atoms with Crippen molar-refractivity contribution in [2.24, 2.45) is 0 Å². The molecular formula is C22H24N4O4S2. The lowest BCUT2D eigenvalue weighted by atomic mass is 10.2. The largest absolute Gasteiger partial charge is 0.497 e. The van der Waals surface area contributed by atoms with Crippen LogP contribution < -0.4 is 4.74 Å². The van der Waals surface area contributed by atoms with E-state index in [-0.39, 0.29) is 29.2 Å². The van der Waals surface area contributed by atoms with Crippen LogP contribution in [-0.2, 0) is 14.6 Å². The number of sulfone groups is 1. The van der Waals surface area contributed by atoms with Crippen molar-refractivity contribution in [2.75, 3.05) is 31.4 Å². The predicted octanol–water partition coefficient (Wildman–Crippen LogP) is 2.68. The minimum Gasteiger partial charge on any atom is -0.497 e. The van der Waals surface area contributed by atoms with Gasteiger partial charge < -0.3 is 9.64 Å². The first-order chi connectivity index (χ1) is 15.4. The molecule has 1 amide bonds. The quantitative estimate of drug-likeness (QED) is 0.488. The van der Waals surface area contributed by atoms with Crippen LogP contribution in [-0.4, -0.2) is 71.4 Å². The van der Waals surface area contributed by atoms with Gasteiger partial charge in [0, 0.05) is 24.3 Å². The molecule has 1 saturated heterocycles. The Bertz CT molecular complexity index is 1210. The smallest absolute Gasteiger partial charge is 0.233 e. The van der Waals surface area contributed by atoms with Crippen molar-refractivity contribution < 1.29 is 17.9 Å². The summed E-state index contributed by atoms with van der Waals surface area (Å²) in [6.07, 6.45) is 0.482. The molecule has 1 aromatic heterocycles. The molecule has 3 aromatic rings. The predicted molar refractivity (Wildman–Crippen MR) is 124 cm³/mol. The van der Waals surface area contributed by atoms with Crippen LogP contribution >= 0.6 is 11.8 Å². The fourth-order valence-corrected chi connectivity index (χ4v) is 6.29. The first-order valence-corrected chi connectivity index (χ1v) is 12.9. The number of benzene rings is 2. The molecule has 0 spiro atoms. The Morgan fingerprint density at radius 2 is 1.97 bits per heavy atom. The average molecular weight is 473 g/mol. The molecule has 8 nitrogen and oxygen atoms in total. The van der Waals surface area contributed by atoms with Crippen LogP contribution in [0.4, 0.5) is 0 Å². The number of amides is 1. The van der Waals surface area contributed by atoms with Crippen LogP contribution in [0.25, 0.3) is 17.1 Å². The molecule has 0 N–H and O–H groups in total. The second-order valence-electron chi connectivity index (χ2n) is 7.56. The molecule has 0 aliphatic carbocycles. The maximum atomic E-state index is 12.8. The molecule has 1 unspecified atom stereocenters. The van der Waals surface area contributed by atoms with Crippen LogP contribution in [0.3, 0.4) is 0 Å². The van der Waals surface area contributed by atoms with Gasteiger partial charge in [0.2, 0.25) is 5.91 Å². The number of nitrogens with zero attached hydrogens (tertiary/aromatic N) is 4. The summed E-state index contributed by atoms with van der Waals surface area (Å²) < 4.78 is 30.8. The SMILES string of the molecule is COc1cccc(-c2nnc(SCC(=O)N(C)C3CCS(=O)(=O)C3)n2-c2ccccc2)c1. The number of methoxy groups -OCH3 is 1. The lowest BCUT2D eigenvalue weighted by Gasteiger charge is -2.23. The molecular weight excluding hydrogens is 448 g/mol. The maximum Gasteiger partial charge on any atom is 0.233 e. The number of carbonyl (C=O) groups is 1. The number of hydrogen-bond acceptors (Lipinski definition) is 7. The highest BCUT2D eigenvalue weighted by Gasteiger charge is 2.32. The Balaban J connectivity index is 1.59. The number of hydrogen-bond donors (Lipinski definition) is 0. The van der Waals surface area contributed by atoms with Gasteiger partial charge in [-0.15, -0.1) is 10.2 Å². The van der Waals surface area contributed by atoms with Gasteiger partial charge >= 0.3 is 0 Å². The summed E-state index contributed by atoms with van der Waals surface area (Å²) in [7, 11) is 0.221. The Morgan fingerprint density at radius 3 is 2.66 bits per heavy atom. The zero-order chi connectivity index (χ0) is 22.7. The lowest BCUT2D eigenvalue weighted by molar-refractivity contribution is -0.128. The molecule has 2 aromatic carbocycles. The van der Waals surface area contributed by atoms with E-state index in [1.165, 1.54) is 11.8 Å². The van der Waals surface area contributed by atoms with Gasteiger partial charge in [0.25, 0.3) is 0 Å². The van der Waals surface area contributed by atoms with Gasteiger partial charge in [-0.05, 0) is 30.7 Å². The fraction of sp³-hybridized carbons (Fsp3) is 0.318. The molecule has 1 aliphatic rings. The van der Waals surface area contributed by atoms with Crippen molar-refractivity contribution in [3.05, 3.63) is 54.6 Å². The highest BCUT2D eigenvalue weighted by atomic mass is 32.2. The summed E-state index contributed by atoms with van der Waals surface area (Å²) >= 11 is 1.28. The van der Waals surface area contributed by atoms with Crippen molar-refractivity contribution in [1.82, 2.24) is 19.7 Å². The minimum atomic E-state index is -3.05. The van der Waals surface area contributed by atoms with Crippen LogP contribution in [0.5, 0.6) is 5.75 Å². The van der Waals surface area contributed by atoms with Crippen molar-refractivity contribution in [2.45, 2.75) is 17.6 Å². The van der Waals surface area contributed by atoms with E-state index in [2.05, 4.69) is 10.2 Å². The van der Waals surface area contributed by atoms with Crippen LogP contribution in [0.2, 0.25) is 0 Å². The third-order valence-corrected chi connectivity index (χ3v) is 8.11. The fourth-order valence-electron chi connectivity index (χ4n) is 3.63. The number of aromatic nitrogens is 3. The molecule has 32 heavy (non-hydrogen) atoms. The standard InChI is InChI=1S/C22H24N4O4S2/c1-25(18-11-12-32(28,29)15-18)20(27)14-31-22-24-23-21(16-7-6-10-19(13-16)30-2)26(22)17-8-4-3-5-9-17/h3-10,13,18H,11-12,14-15H2,1-2H3. The van der Waals surface area contributed by atoms with Gasteiger partial charge in [-0.25, -0.2) is 8.42 Å². The molecule has 0 radical (unpaired) electrons. The van der Waals surface area contributed by atoms with Crippen molar-refractivity contribution >= 4 is 27.5 Å². The van der Waals surface area contributed by atoms with E-state index in [0.29, 0.717) is 23.2 Å². The van der Waals surface area contributed by atoms with Gasteiger partial charge in [0.15, 0.2) is 20.8 Å². The molecule has 2 heterocycles. The van der Waals surface area contributed by atoms with Gasteiger partial charge in [-0.3, -0.25) is 9.36 Å². The van der Waals surface area contributed by atoms with Gasteiger partial charge in [0.1, 0.15) is 5.75 Å². The van der Waals surface area contributed by atoms with E-state index >= 15 is 0 Å². The molecule has 1 atom stereocenters. The number of thioether (sulfide) groups is 1. The van der Waals surface area contributed by atoms with Crippen LogP contribution in [0.15, 0.2) is 59.8 Å². The Kier molecular flexibility index (Phi) is 6.52. The number of ether oxygens (including phenoxy) is 1. The minimum absolute atomic E-state index is 0.0279. The summed E-state index contributed by atoms with van der Waals surface area (Å²) in [4.78, 5) is 14.3. The van der Waals surface area contributed by atoms with Crippen molar-refractivity contribution in [1.29, 1.82) is 0 Å². The van der Waals surface area contributed by atoms with E-state index in [0.717, 1.165) is 11.3 Å². The highest BCUT2D eigenvalue weighted by molar-refractivity contribution is 7.99. The zero-order valence-electron chi connectivity index (χ0n) is 17.8. The molecule has 1 aliphatic heterocycles.